The summed E-state index contributed by atoms with van der Waals surface area (Å²) in [6.07, 6.45) is 3.13. The van der Waals surface area contributed by atoms with E-state index in [0.717, 1.165) is 31.4 Å². The minimum Gasteiger partial charge on any atom is -0.395 e. The van der Waals surface area contributed by atoms with Crippen LogP contribution in [-0.2, 0) is 10.0 Å². The van der Waals surface area contributed by atoms with Crippen molar-refractivity contribution >= 4 is 20.9 Å². The Hall–Kier alpha value is -1.74. The molecule has 0 unspecified atom stereocenters. The van der Waals surface area contributed by atoms with Crippen LogP contribution in [0.1, 0.15) is 24.8 Å². The van der Waals surface area contributed by atoms with E-state index < -0.39 is 10.0 Å². The molecule has 7 nitrogen and oxygen atoms in total. The highest BCUT2D eigenvalue weighted by Gasteiger charge is 2.22. The van der Waals surface area contributed by atoms with E-state index in [4.69, 9.17) is 0 Å². The fraction of sp³-hybridized carbons (Fsp3) is 0.500. The van der Waals surface area contributed by atoms with Crippen LogP contribution < -0.4 is 10.3 Å². The van der Waals surface area contributed by atoms with Crippen LogP contribution in [0, 0.1) is 6.92 Å². The van der Waals surface area contributed by atoms with E-state index >= 15 is 0 Å². The van der Waals surface area contributed by atoms with Gasteiger partial charge < -0.3 is 10.1 Å². The number of aromatic nitrogens is 1. The van der Waals surface area contributed by atoms with Gasteiger partial charge in [-0.2, -0.15) is 0 Å². The summed E-state index contributed by atoms with van der Waals surface area (Å²) >= 11 is 0. The monoisotopic (exact) mass is 379 g/mol. The van der Waals surface area contributed by atoms with Crippen LogP contribution in [0.3, 0.4) is 0 Å². The van der Waals surface area contributed by atoms with E-state index in [1.54, 1.807) is 19.1 Å². The van der Waals surface area contributed by atoms with Crippen molar-refractivity contribution in [2.24, 2.45) is 0 Å². The number of pyridine rings is 1. The maximum atomic E-state index is 12.6. The van der Waals surface area contributed by atoms with Gasteiger partial charge in [0.05, 0.1) is 11.5 Å². The standard InChI is InChI=1S/C18H25N3O4S/c1-13-10-18(23)20-17-6-5-15(11-16(13)17)26(24,25)19-7-9-21-8-3-2-4-14(21)12-22/h5-6,10-11,14,19,22H,2-4,7-9,12H2,1H3,(H,20,23)/t14-/m1/s1. The number of aryl methyl sites for hydroxylation is 1. The maximum absolute atomic E-state index is 12.6. The van der Waals surface area contributed by atoms with Gasteiger partial charge in [0.1, 0.15) is 0 Å². The number of hydrogen-bond donors (Lipinski definition) is 3. The highest BCUT2D eigenvalue weighted by Crippen LogP contribution is 2.20. The van der Waals surface area contributed by atoms with Crippen LogP contribution in [0.2, 0.25) is 0 Å². The van der Waals surface area contributed by atoms with E-state index in [1.165, 1.54) is 12.1 Å². The number of sulfonamides is 1. The van der Waals surface area contributed by atoms with Gasteiger partial charge in [0, 0.05) is 36.1 Å². The molecule has 1 saturated heterocycles. The van der Waals surface area contributed by atoms with Gasteiger partial charge in [-0.25, -0.2) is 13.1 Å². The molecule has 0 aliphatic carbocycles. The summed E-state index contributed by atoms with van der Waals surface area (Å²) in [5.41, 5.74) is 1.15. The Labute approximate surface area is 153 Å². The first-order chi connectivity index (χ1) is 12.4. The Morgan fingerprint density at radius 1 is 1.31 bits per heavy atom. The number of rotatable bonds is 6. The second-order valence-corrected chi connectivity index (χ2v) is 8.56. The topological polar surface area (TPSA) is 102 Å². The minimum atomic E-state index is -3.63. The Morgan fingerprint density at radius 2 is 2.12 bits per heavy atom. The number of nitrogens with zero attached hydrogens (tertiary/aromatic N) is 1. The highest BCUT2D eigenvalue weighted by atomic mass is 32.2. The Kier molecular flexibility index (Phi) is 5.76. The first-order valence-corrected chi connectivity index (χ1v) is 10.4. The summed E-state index contributed by atoms with van der Waals surface area (Å²) in [7, 11) is -3.63. The van der Waals surface area contributed by atoms with E-state index in [2.05, 4.69) is 14.6 Å². The van der Waals surface area contributed by atoms with E-state index in [0.29, 0.717) is 24.0 Å². The van der Waals surface area contributed by atoms with Gasteiger partial charge in [-0.1, -0.05) is 6.42 Å². The maximum Gasteiger partial charge on any atom is 0.248 e. The number of likely N-dealkylation sites (tertiary alicyclic amines) is 1. The second-order valence-electron chi connectivity index (χ2n) is 6.79. The number of hydrogen-bond acceptors (Lipinski definition) is 5. The Balaban J connectivity index is 1.72. The van der Waals surface area contributed by atoms with E-state index in [1.807, 2.05) is 0 Å². The second kappa shape index (κ2) is 7.87. The van der Waals surface area contributed by atoms with Crippen molar-refractivity contribution in [2.75, 3.05) is 26.2 Å². The Bertz CT molecular complexity index is 939. The molecule has 3 N–H and O–H groups in total. The molecule has 0 bridgehead atoms. The first-order valence-electron chi connectivity index (χ1n) is 8.89. The van der Waals surface area contributed by atoms with Crippen LogP contribution in [-0.4, -0.2) is 55.7 Å². The minimum absolute atomic E-state index is 0.106. The number of aliphatic hydroxyl groups excluding tert-OH is 1. The molecule has 1 aromatic carbocycles. The molecule has 0 radical (unpaired) electrons. The summed E-state index contributed by atoms with van der Waals surface area (Å²) < 4.78 is 27.8. The van der Waals surface area contributed by atoms with Crippen LogP contribution in [0.4, 0.5) is 0 Å². The zero-order valence-electron chi connectivity index (χ0n) is 14.9. The van der Waals surface area contributed by atoms with Crippen molar-refractivity contribution in [3.63, 3.8) is 0 Å². The normalized spacial score (nSPS) is 19.1. The third-order valence-corrected chi connectivity index (χ3v) is 6.44. The van der Waals surface area contributed by atoms with Crippen LogP contribution >= 0.6 is 0 Å². The van der Waals surface area contributed by atoms with Crippen molar-refractivity contribution in [3.8, 4) is 0 Å². The molecule has 1 aliphatic rings. The molecular weight excluding hydrogens is 354 g/mol. The number of nitrogens with one attached hydrogen (secondary N) is 2. The van der Waals surface area contributed by atoms with Crippen molar-refractivity contribution < 1.29 is 13.5 Å². The number of aliphatic hydroxyl groups is 1. The number of benzene rings is 1. The smallest absolute Gasteiger partial charge is 0.248 e. The molecule has 2 aromatic rings. The fourth-order valence-electron chi connectivity index (χ4n) is 3.54. The summed E-state index contributed by atoms with van der Waals surface area (Å²) in [6, 6.07) is 6.27. The number of H-pyrrole nitrogens is 1. The van der Waals surface area contributed by atoms with Crippen LogP contribution in [0.25, 0.3) is 10.9 Å². The summed E-state index contributed by atoms with van der Waals surface area (Å²) in [5, 5.41) is 10.2. The van der Waals surface area contributed by atoms with Crippen LogP contribution in [0.15, 0.2) is 34.0 Å². The van der Waals surface area contributed by atoms with E-state index in [9.17, 15) is 18.3 Å². The molecule has 142 valence electrons. The van der Waals surface area contributed by atoms with Gasteiger partial charge in [-0.15, -0.1) is 0 Å². The SMILES string of the molecule is Cc1cc(=O)[nH]c2ccc(S(=O)(=O)NCCN3CCCC[C@@H]3CO)cc12. The molecule has 0 saturated carbocycles. The van der Waals surface area contributed by atoms with Crippen molar-refractivity contribution in [2.45, 2.75) is 37.1 Å². The van der Waals surface area contributed by atoms with Crippen molar-refractivity contribution in [1.29, 1.82) is 0 Å². The number of piperidine rings is 1. The van der Waals surface area contributed by atoms with Crippen molar-refractivity contribution in [3.05, 3.63) is 40.2 Å². The summed E-state index contributed by atoms with van der Waals surface area (Å²) in [4.78, 5) is 16.5. The molecule has 2 heterocycles. The summed E-state index contributed by atoms with van der Waals surface area (Å²) in [6.45, 7) is 3.64. The third-order valence-electron chi connectivity index (χ3n) is 4.98. The van der Waals surface area contributed by atoms with Gasteiger partial charge >= 0.3 is 0 Å². The molecule has 1 aliphatic heterocycles. The fourth-order valence-corrected chi connectivity index (χ4v) is 4.58. The predicted molar refractivity (Wildman–Crippen MR) is 101 cm³/mol. The average Bonchev–Trinajstić information content (AvgIpc) is 2.61. The zero-order chi connectivity index (χ0) is 18.7. The lowest BCUT2D eigenvalue weighted by Crippen LogP contribution is -2.45. The van der Waals surface area contributed by atoms with Gasteiger partial charge in [-0.3, -0.25) is 9.69 Å². The van der Waals surface area contributed by atoms with Gasteiger partial charge in [0.25, 0.3) is 0 Å². The number of fused-ring (bicyclic) bond motifs is 1. The van der Waals surface area contributed by atoms with Gasteiger partial charge in [0.15, 0.2) is 0 Å². The lowest BCUT2D eigenvalue weighted by molar-refractivity contribution is 0.0923. The van der Waals surface area contributed by atoms with Gasteiger partial charge in [-0.05, 0) is 50.1 Å². The zero-order valence-corrected chi connectivity index (χ0v) is 15.7. The molecule has 8 heteroatoms. The molecule has 1 aromatic heterocycles. The van der Waals surface area contributed by atoms with Crippen LogP contribution in [0.5, 0.6) is 0 Å². The Morgan fingerprint density at radius 3 is 2.88 bits per heavy atom. The first kappa shape index (κ1) is 19.0. The molecule has 1 fully saturated rings. The van der Waals surface area contributed by atoms with Crippen molar-refractivity contribution in [1.82, 2.24) is 14.6 Å². The highest BCUT2D eigenvalue weighted by molar-refractivity contribution is 7.89. The lowest BCUT2D eigenvalue weighted by Gasteiger charge is -2.34. The van der Waals surface area contributed by atoms with E-state index in [-0.39, 0.29) is 23.1 Å². The molecule has 1 atom stereocenters. The largest absolute Gasteiger partial charge is 0.395 e. The lowest BCUT2D eigenvalue weighted by atomic mass is 10.0. The molecule has 26 heavy (non-hydrogen) atoms. The third kappa shape index (κ3) is 4.15. The summed E-state index contributed by atoms with van der Waals surface area (Å²) in [5.74, 6) is 0. The molecule has 0 spiro atoms. The quantitative estimate of drug-likeness (QED) is 0.694. The molecule has 0 amide bonds. The average molecular weight is 379 g/mol. The molecular formula is C18H25N3O4S. The number of aromatic amines is 1. The molecule has 3 rings (SSSR count). The predicted octanol–water partition coefficient (Wildman–Crippen LogP) is 0.962. The van der Waals surface area contributed by atoms with Gasteiger partial charge in [0.2, 0.25) is 15.6 Å².